The summed E-state index contributed by atoms with van der Waals surface area (Å²) in [5.74, 6) is 1.27. The van der Waals surface area contributed by atoms with Gasteiger partial charge < -0.3 is 10.2 Å². The van der Waals surface area contributed by atoms with Crippen LogP contribution in [-0.2, 0) is 4.79 Å². The third kappa shape index (κ3) is 2.10. The number of hydrogen-bond donors (Lipinski definition) is 1. The highest BCUT2D eigenvalue weighted by Crippen LogP contribution is 2.34. The van der Waals surface area contributed by atoms with Crippen LogP contribution in [0.4, 0.5) is 0 Å². The molecule has 0 aromatic heterocycles. The van der Waals surface area contributed by atoms with E-state index in [0.717, 1.165) is 26.1 Å². The van der Waals surface area contributed by atoms with Gasteiger partial charge in [0.15, 0.2) is 0 Å². The lowest BCUT2D eigenvalue weighted by Crippen LogP contribution is -2.61. The standard InChI is InChI=1S/C13H24N2O/c1-10-5-4-6-11(10)12(16)15-8-7-14-9-13(15,2)3/h10-11,14H,4-9H2,1-3H3. The Kier molecular flexibility index (Phi) is 3.24. The molecule has 1 amide bonds. The maximum Gasteiger partial charge on any atom is 0.226 e. The fraction of sp³-hybridized carbons (Fsp3) is 0.923. The van der Waals surface area contributed by atoms with E-state index in [9.17, 15) is 4.79 Å². The number of amides is 1. The number of carbonyl (C=O) groups excluding carboxylic acids is 1. The number of nitrogens with zero attached hydrogens (tertiary/aromatic N) is 1. The molecule has 16 heavy (non-hydrogen) atoms. The normalized spacial score (nSPS) is 34.1. The molecule has 2 atom stereocenters. The van der Waals surface area contributed by atoms with Crippen LogP contribution < -0.4 is 5.32 Å². The van der Waals surface area contributed by atoms with Crippen LogP contribution >= 0.6 is 0 Å². The minimum atomic E-state index is -0.0162. The Hall–Kier alpha value is -0.570. The lowest BCUT2D eigenvalue weighted by Gasteiger charge is -2.44. The molecule has 0 aromatic rings. The predicted octanol–water partition coefficient (Wildman–Crippen LogP) is 1.63. The molecule has 2 unspecified atom stereocenters. The van der Waals surface area contributed by atoms with Gasteiger partial charge in [-0.2, -0.15) is 0 Å². The van der Waals surface area contributed by atoms with E-state index in [1.807, 2.05) is 0 Å². The van der Waals surface area contributed by atoms with Gasteiger partial charge in [0.05, 0.1) is 0 Å². The predicted molar refractivity (Wildman–Crippen MR) is 65.2 cm³/mol. The van der Waals surface area contributed by atoms with E-state index in [-0.39, 0.29) is 11.5 Å². The highest BCUT2D eigenvalue weighted by molar-refractivity contribution is 5.80. The molecule has 1 saturated heterocycles. The average Bonchev–Trinajstić information content (AvgIpc) is 2.63. The first-order chi connectivity index (χ1) is 7.52. The fourth-order valence-corrected chi connectivity index (χ4v) is 3.10. The van der Waals surface area contributed by atoms with Crippen LogP contribution in [0.25, 0.3) is 0 Å². The minimum Gasteiger partial charge on any atom is -0.335 e. The van der Waals surface area contributed by atoms with Gasteiger partial charge in [0.25, 0.3) is 0 Å². The van der Waals surface area contributed by atoms with E-state index in [2.05, 4.69) is 31.0 Å². The Morgan fingerprint density at radius 2 is 2.12 bits per heavy atom. The number of carbonyl (C=O) groups is 1. The maximum absolute atomic E-state index is 12.5. The largest absolute Gasteiger partial charge is 0.335 e. The summed E-state index contributed by atoms with van der Waals surface area (Å²) in [6, 6.07) is 0. The number of nitrogens with one attached hydrogen (secondary N) is 1. The third-order valence-electron chi connectivity index (χ3n) is 4.25. The Bertz CT molecular complexity index is 275. The van der Waals surface area contributed by atoms with Crippen LogP contribution in [0.5, 0.6) is 0 Å². The molecule has 1 aliphatic carbocycles. The molecule has 2 rings (SSSR count). The van der Waals surface area contributed by atoms with Gasteiger partial charge in [-0.25, -0.2) is 0 Å². The first kappa shape index (κ1) is 11.9. The zero-order valence-electron chi connectivity index (χ0n) is 10.8. The van der Waals surface area contributed by atoms with E-state index < -0.39 is 0 Å². The Balaban J connectivity index is 2.08. The van der Waals surface area contributed by atoms with Crippen molar-refractivity contribution in [3.05, 3.63) is 0 Å². The topological polar surface area (TPSA) is 32.3 Å². The van der Waals surface area contributed by atoms with Gasteiger partial charge in [-0.3, -0.25) is 4.79 Å². The highest BCUT2D eigenvalue weighted by atomic mass is 16.2. The van der Waals surface area contributed by atoms with Gasteiger partial charge in [0.2, 0.25) is 5.91 Å². The molecule has 0 aromatic carbocycles. The van der Waals surface area contributed by atoms with Crippen molar-refractivity contribution in [2.24, 2.45) is 11.8 Å². The molecule has 2 fully saturated rings. The summed E-state index contributed by atoms with van der Waals surface area (Å²) in [5.41, 5.74) is -0.0162. The summed E-state index contributed by atoms with van der Waals surface area (Å²) in [5, 5.41) is 3.37. The molecule has 0 spiro atoms. The number of rotatable bonds is 1. The van der Waals surface area contributed by atoms with Crippen molar-refractivity contribution in [3.8, 4) is 0 Å². The van der Waals surface area contributed by atoms with Gasteiger partial charge >= 0.3 is 0 Å². The second-order valence-corrected chi connectivity index (χ2v) is 5.99. The first-order valence-electron chi connectivity index (χ1n) is 6.54. The SMILES string of the molecule is CC1CCCC1C(=O)N1CCNCC1(C)C. The van der Waals surface area contributed by atoms with E-state index >= 15 is 0 Å². The molecule has 1 aliphatic heterocycles. The lowest BCUT2D eigenvalue weighted by atomic mass is 9.92. The smallest absolute Gasteiger partial charge is 0.226 e. The Morgan fingerprint density at radius 1 is 1.38 bits per heavy atom. The molecule has 3 nitrogen and oxygen atoms in total. The van der Waals surface area contributed by atoms with Crippen molar-refractivity contribution in [1.29, 1.82) is 0 Å². The zero-order valence-corrected chi connectivity index (χ0v) is 10.8. The molecule has 2 aliphatic rings. The van der Waals surface area contributed by atoms with Gasteiger partial charge in [0, 0.05) is 31.1 Å². The van der Waals surface area contributed by atoms with Crippen molar-refractivity contribution < 1.29 is 4.79 Å². The second-order valence-electron chi connectivity index (χ2n) is 5.99. The molecule has 3 heteroatoms. The van der Waals surface area contributed by atoms with Crippen molar-refractivity contribution in [2.75, 3.05) is 19.6 Å². The molecule has 92 valence electrons. The fourth-order valence-electron chi connectivity index (χ4n) is 3.10. The van der Waals surface area contributed by atoms with Gasteiger partial charge in [0.1, 0.15) is 0 Å². The van der Waals surface area contributed by atoms with Crippen molar-refractivity contribution in [3.63, 3.8) is 0 Å². The van der Waals surface area contributed by atoms with Crippen LogP contribution in [0.15, 0.2) is 0 Å². The Labute approximate surface area is 98.6 Å². The summed E-state index contributed by atoms with van der Waals surface area (Å²) in [6.45, 7) is 9.28. The molecule has 1 heterocycles. The molecular weight excluding hydrogens is 200 g/mol. The summed E-state index contributed by atoms with van der Waals surface area (Å²) >= 11 is 0. The maximum atomic E-state index is 12.5. The van der Waals surface area contributed by atoms with E-state index in [4.69, 9.17) is 0 Å². The number of hydrogen-bond acceptors (Lipinski definition) is 2. The van der Waals surface area contributed by atoms with E-state index in [1.165, 1.54) is 12.8 Å². The molecule has 0 radical (unpaired) electrons. The van der Waals surface area contributed by atoms with Crippen LogP contribution in [0.3, 0.4) is 0 Å². The van der Waals surface area contributed by atoms with E-state index in [1.54, 1.807) is 0 Å². The summed E-state index contributed by atoms with van der Waals surface area (Å²) in [4.78, 5) is 14.6. The molecular formula is C13H24N2O. The zero-order chi connectivity index (χ0) is 11.8. The van der Waals surface area contributed by atoms with Gasteiger partial charge in [-0.15, -0.1) is 0 Å². The summed E-state index contributed by atoms with van der Waals surface area (Å²) in [6.07, 6.45) is 3.55. The van der Waals surface area contributed by atoms with E-state index in [0.29, 0.717) is 11.8 Å². The van der Waals surface area contributed by atoms with Crippen molar-refractivity contribution >= 4 is 5.91 Å². The van der Waals surface area contributed by atoms with Crippen LogP contribution in [0.1, 0.15) is 40.0 Å². The third-order valence-corrected chi connectivity index (χ3v) is 4.25. The molecule has 1 saturated carbocycles. The van der Waals surface area contributed by atoms with Crippen LogP contribution in [0, 0.1) is 11.8 Å². The first-order valence-corrected chi connectivity index (χ1v) is 6.54. The van der Waals surface area contributed by atoms with Gasteiger partial charge in [-0.1, -0.05) is 13.3 Å². The molecule has 1 N–H and O–H groups in total. The number of piperazine rings is 1. The lowest BCUT2D eigenvalue weighted by molar-refractivity contribution is -0.143. The minimum absolute atomic E-state index is 0.0162. The Morgan fingerprint density at radius 3 is 2.69 bits per heavy atom. The highest BCUT2D eigenvalue weighted by Gasteiger charge is 2.39. The second kappa shape index (κ2) is 4.36. The monoisotopic (exact) mass is 224 g/mol. The van der Waals surface area contributed by atoms with Crippen LogP contribution in [-0.4, -0.2) is 36.0 Å². The average molecular weight is 224 g/mol. The van der Waals surface area contributed by atoms with Crippen molar-refractivity contribution in [2.45, 2.75) is 45.6 Å². The quantitative estimate of drug-likeness (QED) is 0.734. The molecule has 0 bridgehead atoms. The summed E-state index contributed by atoms with van der Waals surface area (Å²) in [7, 11) is 0. The van der Waals surface area contributed by atoms with Crippen LogP contribution in [0.2, 0.25) is 0 Å². The van der Waals surface area contributed by atoms with Gasteiger partial charge in [-0.05, 0) is 32.6 Å². The summed E-state index contributed by atoms with van der Waals surface area (Å²) < 4.78 is 0. The van der Waals surface area contributed by atoms with Crippen molar-refractivity contribution in [1.82, 2.24) is 10.2 Å².